The lowest BCUT2D eigenvalue weighted by atomic mass is 10.0. The van der Waals surface area contributed by atoms with E-state index >= 15 is 0 Å². The first-order valence-electron chi connectivity index (χ1n) is 37.5. The summed E-state index contributed by atoms with van der Waals surface area (Å²) < 4.78 is 17.0. The van der Waals surface area contributed by atoms with Gasteiger partial charge in [-0.05, 0) is 77.0 Å². The number of allylic oxidation sites excluding steroid dienone is 6. The molecule has 0 aromatic heterocycles. The maximum Gasteiger partial charge on any atom is 0.306 e. The van der Waals surface area contributed by atoms with E-state index in [4.69, 9.17) is 14.2 Å². The molecule has 0 fully saturated rings. The van der Waals surface area contributed by atoms with Gasteiger partial charge in [-0.2, -0.15) is 0 Å². The van der Waals surface area contributed by atoms with Crippen molar-refractivity contribution in [3.05, 3.63) is 36.5 Å². The maximum atomic E-state index is 12.9. The minimum absolute atomic E-state index is 0.0679. The molecule has 0 heterocycles. The third-order valence-electron chi connectivity index (χ3n) is 17.1. The van der Waals surface area contributed by atoms with E-state index in [9.17, 15) is 14.4 Å². The highest BCUT2D eigenvalue weighted by atomic mass is 16.6. The van der Waals surface area contributed by atoms with Gasteiger partial charge in [-0.3, -0.25) is 14.4 Å². The normalized spacial score (nSPS) is 12.2. The highest BCUT2D eigenvalue weighted by Crippen LogP contribution is 2.19. The topological polar surface area (TPSA) is 78.9 Å². The van der Waals surface area contributed by atoms with E-state index in [-0.39, 0.29) is 31.1 Å². The molecule has 0 aliphatic rings. The molecule has 83 heavy (non-hydrogen) atoms. The standard InChI is InChI=1S/C77H144O6/c1-4-7-10-13-16-19-22-24-26-28-30-32-33-34-35-36-37-38-39-40-41-42-43-45-46-48-50-52-55-58-61-64-67-70-76(79)82-73-74(72-81-75(78)69-66-63-60-57-54-21-18-15-12-9-6-3)83-77(80)71-68-65-62-59-56-53-51-49-47-44-31-29-27-25-23-20-17-14-11-8-5-2/h23,25,28-31,74H,4-22,24,26-27,32-73H2,1-3H3/b25-23-,30-28-,31-29-. The Morgan fingerprint density at radius 3 is 0.675 bits per heavy atom. The Hall–Kier alpha value is -2.37. The van der Waals surface area contributed by atoms with Gasteiger partial charge < -0.3 is 14.2 Å². The van der Waals surface area contributed by atoms with Gasteiger partial charge in [0.25, 0.3) is 0 Å². The molecule has 0 rings (SSSR count). The summed E-state index contributed by atoms with van der Waals surface area (Å²) in [5, 5.41) is 0. The molecule has 0 aromatic carbocycles. The van der Waals surface area contributed by atoms with E-state index < -0.39 is 6.10 Å². The fraction of sp³-hybridized carbons (Fsp3) is 0.883. The zero-order valence-electron chi connectivity index (χ0n) is 56.2. The summed E-state index contributed by atoms with van der Waals surface area (Å²) in [6.45, 7) is 6.69. The van der Waals surface area contributed by atoms with Crippen molar-refractivity contribution in [1.29, 1.82) is 0 Å². The molecule has 1 atom stereocenters. The number of unbranched alkanes of at least 4 members (excludes halogenated alkanes) is 53. The van der Waals surface area contributed by atoms with Crippen LogP contribution in [0.2, 0.25) is 0 Å². The minimum Gasteiger partial charge on any atom is -0.462 e. The Morgan fingerprint density at radius 1 is 0.241 bits per heavy atom. The highest BCUT2D eigenvalue weighted by molar-refractivity contribution is 5.71. The molecule has 488 valence electrons. The Kier molecular flexibility index (Phi) is 70.0. The zero-order valence-corrected chi connectivity index (χ0v) is 56.2. The number of carbonyl (C=O) groups excluding carboxylic acids is 3. The third kappa shape index (κ3) is 70.3. The van der Waals surface area contributed by atoms with Crippen LogP contribution >= 0.6 is 0 Å². The summed E-state index contributed by atoms with van der Waals surface area (Å²) in [5.74, 6) is -0.843. The second kappa shape index (κ2) is 72.1. The molecule has 0 aromatic rings. The molecule has 0 saturated heterocycles. The van der Waals surface area contributed by atoms with Crippen LogP contribution in [0.5, 0.6) is 0 Å². The van der Waals surface area contributed by atoms with Crippen LogP contribution in [0.1, 0.15) is 419 Å². The van der Waals surface area contributed by atoms with Crippen molar-refractivity contribution in [3.8, 4) is 0 Å². The number of carbonyl (C=O) groups is 3. The Labute approximate surface area is 518 Å². The predicted octanol–water partition coefficient (Wildman–Crippen LogP) is 25.9. The molecular formula is C77H144O6. The summed E-state index contributed by atoms with van der Waals surface area (Å²) in [7, 11) is 0. The lowest BCUT2D eigenvalue weighted by molar-refractivity contribution is -0.167. The number of ether oxygens (including phenoxy) is 3. The smallest absolute Gasteiger partial charge is 0.306 e. The summed E-state index contributed by atoms with van der Waals surface area (Å²) >= 11 is 0. The summed E-state index contributed by atoms with van der Waals surface area (Å²) in [6.07, 6.45) is 90.6. The van der Waals surface area contributed by atoms with E-state index in [1.165, 1.54) is 315 Å². The van der Waals surface area contributed by atoms with Crippen LogP contribution < -0.4 is 0 Å². The van der Waals surface area contributed by atoms with Crippen LogP contribution in [0.15, 0.2) is 36.5 Å². The van der Waals surface area contributed by atoms with Crippen LogP contribution in [0.25, 0.3) is 0 Å². The second-order valence-corrected chi connectivity index (χ2v) is 25.6. The van der Waals surface area contributed by atoms with Crippen molar-refractivity contribution in [3.63, 3.8) is 0 Å². The molecule has 0 radical (unpaired) electrons. The molecule has 6 nitrogen and oxygen atoms in total. The second-order valence-electron chi connectivity index (χ2n) is 25.6. The molecule has 0 saturated carbocycles. The summed E-state index contributed by atoms with van der Waals surface area (Å²) in [6, 6.07) is 0. The van der Waals surface area contributed by atoms with Crippen molar-refractivity contribution in [2.75, 3.05) is 13.2 Å². The van der Waals surface area contributed by atoms with Gasteiger partial charge in [-0.15, -0.1) is 0 Å². The zero-order chi connectivity index (χ0) is 59.9. The predicted molar refractivity (Wildman–Crippen MR) is 362 cm³/mol. The monoisotopic (exact) mass is 1170 g/mol. The molecule has 0 amide bonds. The lowest BCUT2D eigenvalue weighted by Crippen LogP contribution is -2.30. The Morgan fingerprint density at radius 2 is 0.434 bits per heavy atom. The number of rotatable bonds is 70. The van der Waals surface area contributed by atoms with Crippen LogP contribution in [0.3, 0.4) is 0 Å². The van der Waals surface area contributed by atoms with Gasteiger partial charge in [0.1, 0.15) is 13.2 Å². The first-order valence-corrected chi connectivity index (χ1v) is 37.5. The quantitative estimate of drug-likeness (QED) is 0.0261. The van der Waals surface area contributed by atoms with Crippen LogP contribution in [-0.4, -0.2) is 37.2 Å². The average molecular weight is 1170 g/mol. The van der Waals surface area contributed by atoms with Crippen molar-refractivity contribution >= 4 is 17.9 Å². The van der Waals surface area contributed by atoms with Crippen molar-refractivity contribution < 1.29 is 28.6 Å². The number of hydrogen-bond donors (Lipinski definition) is 0. The van der Waals surface area contributed by atoms with Crippen molar-refractivity contribution in [2.45, 2.75) is 425 Å². The molecule has 0 aliphatic heterocycles. The molecule has 0 aliphatic carbocycles. The van der Waals surface area contributed by atoms with E-state index in [1.807, 2.05) is 0 Å². The van der Waals surface area contributed by atoms with Gasteiger partial charge in [0.2, 0.25) is 0 Å². The maximum absolute atomic E-state index is 12.9. The largest absolute Gasteiger partial charge is 0.462 e. The number of hydrogen-bond acceptors (Lipinski definition) is 6. The van der Waals surface area contributed by atoms with Crippen molar-refractivity contribution in [2.24, 2.45) is 0 Å². The van der Waals surface area contributed by atoms with Gasteiger partial charge >= 0.3 is 17.9 Å². The first kappa shape index (κ1) is 80.6. The summed E-state index contributed by atoms with van der Waals surface area (Å²) in [5.41, 5.74) is 0. The minimum atomic E-state index is -0.772. The van der Waals surface area contributed by atoms with Crippen LogP contribution in [-0.2, 0) is 28.6 Å². The van der Waals surface area contributed by atoms with Gasteiger partial charge in [-0.25, -0.2) is 0 Å². The lowest BCUT2D eigenvalue weighted by Gasteiger charge is -2.18. The summed E-state index contributed by atoms with van der Waals surface area (Å²) in [4.78, 5) is 38.4. The molecule has 0 spiro atoms. The van der Waals surface area contributed by atoms with Crippen molar-refractivity contribution in [1.82, 2.24) is 0 Å². The third-order valence-corrected chi connectivity index (χ3v) is 17.1. The molecule has 0 N–H and O–H groups in total. The first-order chi connectivity index (χ1) is 41.0. The van der Waals surface area contributed by atoms with Gasteiger partial charge in [0.15, 0.2) is 6.10 Å². The highest BCUT2D eigenvalue weighted by Gasteiger charge is 2.20. The van der Waals surface area contributed by atoms with Crippen LogP contribution in [0, 0.1) is 0 Å². The van der Waals surface area contributed by atoms with Gasteiger partial charge in [-0.1, -0.05) is 359 Å². The Bertz CT molecular complexity index is 1380. The Balaban J connectivity index is 4.09. The van der Waals surface area contributed by atoms with E-state index in [0.29, 0.717) is 19.3 Å². The molecule has 6 heteroatoms. The molecule has 1 unspecified atom stereocenters. The van der Waals surface area contributed by atoms with Crippen LogP contribution in [0.4, 0.5) is 0 Å². The SMILES string of the molecule is CCCCCCC/C=C\C/C=C\CCCCCCCCCCCC(=O)OC(COC(=O)CCCCCCCCCCCCC)COC(=O)CCCCCCCCCCCCCCCCCCCCCCC/C=C\CCCCCCCCCC. The van der Waals surface area contributed by atoms with Gasteiger partial charge in [0, 0.05) is 19.3 Å². The molecule has 0 bridgehead atoms. The van der Waals surface area contributed by atoms with E-state index in [0.717, 1.165) is 64.2 Å². The molecular weight excluding hydrogens is 1020 g/mol. The number of esters is 3. The van der Waals surface area contributed by atoms with E-state index in [1.54, 1.807) is 0 Å². The van der Waals surface area contributed by atoms with E-state index in [2.05, 4.69) is 57.2 Å². The van der Waals surface area contributed by atoms with Gasteiger partial charge in [0.05, 0.1) is 0 Å². The fourth-order valence-electron chi connectivity index (χ4n) is 11.5. The fourth-order valence-corrected chi connectivity index (χ4v) is 11.5. The average Bonchev–Trinajstić information content (AvgIpc) is 3.48.